The number of rotatable bonds is 5. The fourth-order valence-electron chi connectivity index (χ4n) is 1.32. The standard InChI is InChI=1S/C13H15BrO/c1-11(15)10-13-7-5-12(6-8-13)4-2-3-9-14/h2,4-8H,3,9-10H2,1H3. The van der Waals surface area contributed by atoms with E-state index in [1.165, 1.54) is 5.56 Å². The van der Waals surface area contributed by atoms with E-state index in [9.17, 15) is 4.79 Å². The first-order chi connectivity index (χ1) is 7.22. The summed E-state index contributed by atoms with van der Waals surface area (Å²) >= 11 is 3.37. The fraction of sp³-hybridized carbons (Fsp3) is 0.308. The molecular formula is C13H15BrO. The molecule has 2 heteroatoms. The third-order valence-corrected chi connectivity index (χ3v) is 2.48. The Kier molecular flexibility index (Phi) is 5.33. The van der Waals surface area contributed by atoms with Crippen LogP contribution in [-0.2, 0) is 11.2 Å². The van der Waals surface area contributed by atoms with Crippen LogP contribution >= 0.6 is 15.9 Å². The topological polar surface area (TPSA) is 17.1 Å². The molecule has 1 rings (SSSR count). The molecule has 0 atom stereocenters. The van der Waals surface area contributed by atoms with Crippen molar-refractivity contribution in [1.82, 2.24) is 0 Å². The monoisotopic (exact) mass is 266 g/mol. The molecule has 80 valence electrons. The molecule has 0 aromatic heterocycles. The first-order valence-corrected chi connectivity index (χ1v) is 6.15. The minimum Gasteiger partial charge on any atom is -0.300 e. The van der Waals surface area contributed by atoms with Gasteiger partial charge in [-0.2, -0.15) is 0 Å². The molecule has 0 saturated heterocycles. The molecule has 0 saturated carbocycles. The largest absolute Gasteiger partial charge is 0.300 e. The van der Waals surface area contributed by atoms with Gasteiger partial charge < -0.3 is 0 Å². The molecular weight excluding hydrogens is 252 g/mol. The van der Waals surface area contributed by atoms with E-state index in [4.69, 9.17) is 0 Å². The van der Waals surface area contributed by atoms with Crippen LogP contribution < -0.4 is 0 Å². The van der Waals surface area contributed by atoms with Gasteiger partial charge in [0, 0.05) is 11.8 Å². The normalized spacial score (nSPS) is 10.8. The van der Waals surface area contributed by atoms with Gasteiger partial charge in [-0.25, -0.2) is 0 Å². The molecule has 0 bridgehead atoms. The third-order valence-electron chi connectivity index (χ3n) is 2.02. The summed E-state index contributed by atoms with van der Waals surface area (Å²) in [6, 6.07) is 8.11. The fourth-order valence-corrected chi connectivity index (χ4v) is 1.58. The maximum atomic E-state index is 10.9. The molecule has 0 aliphatic heterocycles. The number of benzene rings is 1. The van der Waals surface area contributed by atoms with Crippen molar-refractivity contribution in [2.45, 2.75) is 19.8 Å². The maximum Gasteiger partial charge on any atom is 0.134 e. The lowest BCUT2D eigenvalue weighted by atomic mass is 10.1. The SMILES string of the molecule is CC(=O)Cc1ccc(C=CCCBr)cc1. The van der Waals surface area contributed by atoms with Crippen molar-refractivity contribution >= 4 is 27.8 Å². The Morgan fingerprint density at radius 3 is 2.53 bits per heavy atom. The van der Waals surface area contributed by atoms with E-state index in [0.717, 1.165) is 17.3 Å². The Morgan fingerprint density at radius 1 is 1.33 bits per heavy atom. The first-order valence-electron chi connectivity index (χ1n) is 5.03. The average Bonchev–Trinajstić information content (AvgIpc) is 2.20. The number of allylic oxidation sites excluding steroid dienone is 1. The van der Waals surface area contributed by atoms with Crippen molar-refractivity contribution in [3.05, 3.63) is 41.5 Å². The zero-order valence-electron chi connectivity index (χ0n) is 8.87. The highest BCUT2D eigenvalue weighted by Gasteiger charge is 1.96. The first kappa shape index (κ1) is 12.2. The zero-order chi connectivity index (χ0) is 11.1. The summed E-state index contributed by atoms with van der Waals surface area (Å²) in [5, 5.41) is 0.992. The van der Waals surface area contributed by atoms with Crippen LogP contribution in [-0.4, -0.2) is 11.1 Å². The Morgan fingerprint density at radius 2 is 2.00 bits per heavy atom. The number of alkyl halides is 1. The number of carbonyl (C=O) groups excluding carboxylic acids is 1. The van der Waals surface area contributed by atoms with Gasteiger partial charge in [0.1, 0.15) is 5.78 Å². The lowest BCUT2D eigenvalue weighted by molar-refractivity contribution is -0.116. The molecule has 0 radical (unpaired) electrons. The van der Waals surface area contributed by atoms with Gasteiger partial charge in [0.05, 0.1) is 0 Å². The van der Waals surface area contributed by atoms with Crippen molar-refractivity contribution in [2.75, 3.05) is 5.33 Å². The second kappa shape index (κ2) is 6.57. The van der Waals surface area contributed by atoms with Gasteiger partial charge in [0.25, 0.3) is 0 Å². The molecule has 0 unspecified atom stereocenters. The van der Waals surface area contributed by atoms with Crippen molar-refractivity contribution < 1.29 is 4.79 Å². The highest BCUT2D eigenvalue weighted by molar-refractivity contribution is 9.09. The van der Waals surface area contributed by atoms with Crippen LogP contribution in [0, 0.1) is 0 Å². The molecule has 15 heavy (non-hydrogen) atoms. The molecule has 0 aliphatic rings. The van der Waals surface area contributed by atoms with Gasteiger partial charge in [0.15, 0.2) is 0 Å². The van der Waals surface area contributed by atoms with Crippen LogP contribution in [0.5, 0.6) is 0 Å². The molecule has 0 fully saturated rings. The van der Waals surface area contributed by atoms with Crippen LogP contribution in [0.3, 0.4) is 0 Å². The predicted octanol–water partition coefficient (Wildman–Crippen LogP) is 3.62. The van der Waals surface area contributed by atoms with E-state index in [2.05, 4.69) is 28.1 Å². The van der Waals surface area contributed by atoms with Crippen molar-refractivity contribution in [3.8, 4) is 0 Å². The summed E-state index contributed by atoms with van der Waals surface area (Å²) in [4.78, 5) is 10.9. The van der Waals surface area contributed by atoms with Crippen molar-refractivity contribution in [1.29, 1.82) is 0 Å². The van der Waals surface area contributed by atoms with Gasteiger partial charge in [0.2, 0.25) is 0 Å². The zero-order valence-corrected chi connectivity index (χ0v) is 10.5. The van der Waals surface area contributed by atoms with E-state index < -0.39 is 0 Å². The van der Waals surface area contributed by atoms with E-state index in [1.807, 2.05) is 24.3 Å². The number of ketones is 1. The highest BCUT2D eigenvalue weighted by atomic mass is 79.9. The van der Waals surface area contributed by atoms with Crippen LogP contribution in [0.25, 0.3) is 6.08 Å². The second-order valence-electron chi connectivity index (χ2n) is 3.50. The number of hydrogen-bond donors (Lipinski definition) is 0. The summed E-state index contributed by atoms with van der Waals surface area (Å²) in [5.41, 5.74) is 2.27. The number of Topliss-reactive ketones (excluding diaryl/α,β-unsaturated/α-hetero) is 1. The summed E-state index contributed by atoms with van der Waals surface area (Å²) in [6.45, 7) is 1.61. The Balaban J connectivity index is 2.60. The van der Waals surface area contributed by atoms with Crippen molar-refractivity contribution in [3.63, 3.8) is 0 Å². The van der Waals surface area contributed by atoms with Crippen LogP contribution in [0.1, 0.15) is 24.5 Å². The predicted molar refractivity (Wildman–Crippen MR) is 68.3 cm³/mol. The highest BCUT2D eigenvalue weighted by Crippen LogP contribution is 2.07. The van der Waals surface area contributed by atoms with Gasteiger partial charge in [-0.15, -0.1) is 0 Å². The quantitative estimate of drug-likeness (QED) is 0.745. The van der Waals surface area contributed by atoms with Gasteiger partial charge in [-0.3, -0.25) is 4.79 Å². The van der Waals surface area contributed by atoms with E-state index in [0.29, 0.717) is 6.42 Å². The Bertz CT molecular complexity index is 338. The van der Waals surface area contributed by atoms with Gasteiger partial charge in [-0.1, -0.05) is 52.3 Å². The summed E-state index contributed by atoms with van der Waals surface area (Å²) < 4.78 is 0. The van der Waals surface area contributed by atoms with E-state index in [1.54, 1.807) is 6.92 Å². The Labute approximate surface area is 99.3 Å². The minimum absolute atomic E-state index is 0.206. The molecule has 0 heterocycles. The lowest BCUT2D eigenvalue weighted by Gasteiger charge is -1.98. The Hall–Kier alpha value is -0.890. The maximum absolute atomic E-state index is 10.9. The lowest BCUT2D eigenvalue weighted by Crippen LogP contribution is -1.95. The van der Waals surface area contributed by atoms with E-state index >= 15 is 0 Å². The number of carbonyl (C=O) groups is 1. The number of hydrogen-bond acceptors (Lipinski definition) is 1. The molecule has 0 aliphatic carbocycles. The van der Waals surface area contributed by atoms with Crippen LogP contribution in [0.15, 0.2) is 30.3 Å². The number of halogens is 1. The molecule has 1 aromatic carbocycles. The summed E-state index contributed by atoms with van der Waals surface area (Å²) in [7, 11) is 0. The second-order valence-corrected chi connectivity index (χ2v) is 4.29. The molecule has 0 spiro atoms. The van der Waals surface area contributed by atoms with Crippen LogP contribution in [0.2, 0.25) is 0 Å². The average molecular weight is 267 g/mol. The van der Waals surface area contributed by atoms with Gasteiger partial charge in [-0.05, 0) is 24.5 Å². The summed E-state index contributed by atoms with van der Waals surface area (Å²) in [5.74, 6) is 0.206. The van der Waals surface area contributed by atoms with Gasteiger partial charge >= 0.3 is 0 Å². The summed E-state index contributed by atoms with van der Waals surface area (Å²) in [6.07, 6.45) is 5.80. The molecule has 0 N–H and O–H groups in total. The molecule has 1 aromatic rings. The minimum atomic E-state index is 0.206. The molecule has 0 amide bonds. The molecule has 1 nitrogen and oxygen atoms in total. The van der Waals surface area contributed by atoms with E-state index in [-0.39, 0.29) is 5.78 Å². The van der Waals surface area contributed by atoms with Crippen molar-refractivity contribution in [2.24, 2.45) is 0 Å². The van der Waals surface area contributed by atoms with Crippen LogP contribution in [0.4, 0.5) is 0 Å². The smallest absolute Gasteiger partial charge is 0.134 e. The third kappa shape index (κ3) is 4.93.